The molecule has 0 bridgehead atoms. The molecule has 3 aromatic rings. The van der Waals surface area contributed by atoms with Crippen molar-refractivity contribution >= 4 is 28.8 Å². The fourth-order valence-electron chi connectivity index (χ4n) is 4.75. The smallest absolute Gasteiger partial charge is 0.243 e. The molecule has 5 rings (SSSR count). The Labute approximate surface area is 216 Å². The van der Waals surface area contributed by atoms with Gasteiger partial charge in [-0.15, -0.1) is 0 Å². The van der Waals surface area contributed by atoms with E-state index in [2.05, 4.69) is 44.4 Å². The summed E-state index contributed by atoms with van der Waals surface area (Å²) in [5.74, 6) is 2.34. The standard InChI is InChI=1S/C26H35N9O2/c1-6-34-23(18-10-27-16(5)28-11-18)33-21-22(29-13-30-24(21)34)32-19-9-20(25(36)31-15(4)14(2)3)35(12-19)26(37)17-7-8-17/h10-11,13-15,17,19-20H,6-9,12H2,1-5H3,(H,31,36)(H,29,30,32)/t15-,19-,20+/m0/s1. The molecule has 196 valence electrons. The third-order valence-corrected chi connectivity index (χ3v) is 7.41. The van der Waals surface area contributed by atoms with Crippen molar-refractivity contribution in [1.82, 2.24) is 39.7 Å². The van der Waals surface area contributed by atoms with E-state index in [1.165, 1.54) is 6.33 Å². The van der Waals surface area contributed by atoms with Gasteiger partial charge in [0.15, 0.2) is 17.0 Å². The zero-order chi connectivity index (χ0) is 26.3. The summed E-state index contributed by atoms with van der Waals surface area (Å²) < 4.78 is 2.01. The van der Waals surface area contributed by atoms with Gasteiger partial charge >= 0.3 is 0 Å². The zero-order valence-electron chi connectivity index (χ0n) is 22.1. The van der Waals surface area contributed by atoms with Crippen LogP contribution < -0.4 is 10.6 Å². The van der Waals surface area contributed by atoms with Gasteiger partial charge in [0, 0.05) is 43.5 Å². The van der Waals surface area contributed by atoms with Crippen molar-refractivity contribution in [1.29, 1.82) is 0 Å². The average molecular weight is 506 g/mol. The predicted octanol–water partition coefficient (Wildman–Crippen LogP) is 2.56. The Hall–Kier alpha value is -3.63. The molecule has 1 aliphatic heterocycles. The summed E-state index contributed by atoms with van der Waals surface area (Å²) in [6.45, 7) is 11.1. The Morgan fingerprint density at radius 2 is 1.84 bits per heavy atom. The number of likely N-dealkylation sites (tertiary alicyclic amines) is 1. The lowest BCUT2D eigenvalue weighted by Gasteiger charge is -2.26. The second-order valence-electron chi connectivity index (χ2n) is 10.5. The van der Waals surface area contributed by atoms with E-state index in [1.54, 1.807) is 17.3 Å². The number of hydrogen-bond acceptors (Lipinski definition) is 8. The number of anilines is 1. The number of imidazole rings is 1. The molecule has 1 aliphatic carbocycles. The van der Waals surface area contributed by atoms with Gasteiger partial charge in [-0.05, 0) is 46.0 Å². The maximum atomic E-state index is 13.2. The molecule has 0 spiro atoms. The average Bonchev–Trinajstić information content (AvgIpc) is 3.53. The Balaban J connectivity index is 1.42. The molecule has 3 aromatic heterocycles. The summed E-state index contributed by atoms with van der Waals surface area (Å²) >= 11 is 0. The van der Waals surface area contributed by atoms with Gasteiger partial charge in [-0.3, -0.25) is 9.59 Å². The molecule has 1 saturated carbocycles. The van der Waals surface area contributed by atoms with Crippen molar-refractivity contribution in [3.8, 4) is 11.4 Å². The van der Waals surface area contributed by atoms with Gasteiger partial charge in [0.2, 0.25) is 11.8 Å². The minimum absolute atomic E-state index is 0.0288. The van der Waals surface area contributed by atoms with Gasteiger partial charge in [0.05, 0.1) is 5.56 Å². The van der Waals surface area contributed by atoms with E-state index in [1.807, 2.05) is 25.3 Å². The van der Waals surface area contributed by atoms with Crippen LogP contribution in [0.5, 0.6) is 0 Å². The van der Waals surface area contributed by atoms with Crippen LogP contribution >= 0.6 is 0 Å². The van der Waals surface area contributed by atoms with Crippen molar-refractivity contribution in [2.45, 2.75) is 78.6 Å². The van der Waals surface area contributed by atoms with Crippen LogP contribution in [0.25, 0.3) is 22.6 Å². The summed E-state index contributed by atoms with van der Waals surface area (Å²) in [6, 6.07) is -0.609. The molecule has 1 saturated heterocycles. The molecule has 2 fully saturated rings. The Kier molecular flexibility index (Phi) is 6.78. The van der Waals surface area contributed by atoms with Crippen LogP contribution in [0.15, 0.2) is 18.7 Å². The fourth-order valence-corrected chi connectivity index (χ4v) is 4.75. The number of amides is 2. The molecule has 37 heavy (non-hydrogen) atoms. The maximum absolute atomic E-state index is 13.2. The van der Waals surface area contributed by atoms with Gasteiger partial charge in [-0.1, -0.05) is 13.8 Å². The molecule has 3 atom stereocenters. The highest BCUT2D eigenvalue weighted by atomic mass is 16.2. The second kappa shape index (κ2) is 10.0. The van der Waals surface area contributed by atoms with Crippen LogP contribution in [-0.4, -0.2) is 70.9 Å². The van der Waals surface area contributed by atoms with Crippen LogP contribution in [0.1, 0.15) is 52.8 Å². The van der Waals surface area contributed by atoms with Gasteiger partial charge in [-0.25, -0.2) is 24.9 Å². The molecule has 0 aromatic carbocycles. The lowest BCUT2D eigenvalue weighted by Crippen LogP contribution is -2.49. The Bertz CT molecular complexity index is 1300. The SMILES string of the molecule is CCn1c(-c2cnc(C)nc2)nc2c(N[C@H]3C[C@H](C(=O)N[C@@H](C)C(C)C)N(C(=O)C4CC4)C3)ncnc21. The monoisotopic (exact) mass is 505 g/mol. The van der Waals surface area contributed by atoms with E-state index in [9.17, 15) is 9.59 Å². The number of nitrogens with zero attached hydrogens (tertiary/aromatic N) is 7. The van der Waals surface area contributed by atoms with Crippen LogP contribution in [0.3, 0.4) is 0 Å². The normalized spacial score (nSPS) is 20.4. The highest BCUT2D eigenvalue weighted by molar-refractivity contribution is 5.91. The third-order valence-electron chi connectivity index (χ3n) is 7.41. The maximum Gasteiger partial charge on any atom is 0.243 e. The van der Waals surface area contributed by atoms with Crippen LogP contribution in [0.2, 0.25) is 0 Å². The second-order valence-corrected chi connectivity index (χ2v) is 10.5. The summed E-state index contributed by atoms with van der Waals surface area (Å²) in [4.78, 5) is 50.5. The van der Waals surface area contributed by atoms with Crippen molar-refractivity contribution in [3.63, 3.8) is 0 Å². The number of nitrogens with one attached hydrogen (secondary N) is 2. The van der Waals surface area contributed by atoms with Gasteiger partial charge in [-0.2, -0.15) is 0 Å². The molecule has 4 heterocycles. The highest BCUT2D eigenvalue weighted by Gasteiger charge is 2.44. The van der Waals surface area contributed by atoms with Crippen LogP contribution in [-0.2, 0) is 16.1 Å². The Morgan fingerprint density at radius 3 is 2.49 bits per heavy atom. The van der Waals surface area contributed by atoms with E-state index in [0.717, 1.165) is 24.2 Å². The van der Waals surface area contributed by atoms with Crippen molar-refractivity contribution in [2.24, 2.45) is 11.8 Å². The van der Waals surface area contributed by atoms with Gasteiger partial charge in [0.25, 0.3) is 0 Å². The highest BCUT2D eigenvalue weighted by Crippen LogP contribution is 2.35. The summed E-state index contributed by atoms with van der Waals surface area (Å²) in [5, 5.41) is 6.59. The first kappa shape index (κ1) is 25.0. The zero-order valence-corrected chi connectivity index (χ0v) is 22.1. The van der Waals surface area contributed by atoms with Crippen molar-refractivity contribution in [3.05, 3.63) is 24.5 Å². The third kappa shape index (κ3) is 4.99. The summed E-state index contributed by atoms with van der Waals surface area (Å²) in [6.07, 6.45) is 7.34. The van der Waals surface area contributed by atoms with Crippen LogP contribution in [0, 0.1) is 18.8 Å². The lowest BCUT2D eigenvalue weighted by molar-refractivity contribution is -0.139. The van der Waals surface area contributed by atoms with E-state index in [0.29, 0.717) is 48.2 Å². The van der Waals surface area contributed by atoms with E-state index < -0.39 is 6.04 Å². The van der Waals surface area contributed by atoms with E-state index in [4.69, 9.17) is 4.98 Å². The van der Waals surface area contributed by atoms with Gasteiger partial charge in [0.1, 0.15) is 24.0 Å². The van der Waals surface area contributed by atoms with E-state index in [-0.39, 0.29) is 29.8 Å². The lowest BCUT2D eigenvalue weighted by atomic mass is 10.1. The summed E-state index contributed by atoms with van der Waals surface area (Å²) in [7, 11) is 0. The minimum atomic E-state index is -0.502. The number of rotatable bonds is 8. The molecular formula is C26H35N9O2. The first-order valence-electron chi connectivity index (χ1n) is 13.1. The predicted molar refractivity (Wildman–Crippen MR) is 139 cm³/mol. The van der Waals surface area contributed by atoms with E-state index >= 15 is 0 Å². The number of carbonyl (C=O) groups excluding carboxylic acids is 2. The largest absolute Gasteiger partial charge is 0.363 e. The molecular weight excluding hydrogens is 470 g/mol. The quantitative estimate of drug-likeness (QED) is 0.478. The molecule has 2 N–H and O–H groups in total. The number of hydrogen-bond donors (Lipinski definition) is 2. The first-order chi connectivity index (χ1) is 17.8. The molecule has 11 nitrogen and oxygen atoms in total. The number of aryl methyl sites for hydroxylation is 2. The number of aromatic nitrogens is 6. The van der Waals surface area contributed by atoms with Crippen LogP contribution in [0.4, 0.5) is 5.82 Å². The Morgan fingerprint density at radius 1 is 1.11 bits per heavy atom. The molecule has 2 amide bonds. The fraction of sp³-hybridized carbons (Fsp3) is 0.577. The first-order valence-corrected chi connectivity index (χ1v) is 13.1. The van der Waals surface area contributed by atoms with Crippen molar-refractivity contribution < 1.29 is 9.59 Å². The molecule has 0 unspecified atom stereocenters. The van der Waals surface area contributed by atoms with Crippen molar-refractivity contribution in [2.75, 3.05) is 11.9 Å². The summed E-state index contributed by atoms with van der Waals surface area (Å²) in [5.41, 5.74) is 2.15. The minimum Gasteiger partial charge on any atom is -0.363 e. The van der Waals surface area contributed by atoms with Gasteiger partial charge < -0.3 is 20.1 Å². The molecule has 11 heteroatoms. The molecule has 0 radical (unpaired) electrons. The number of fused-ring (bicyclic) bond motifs is 1. The topological polar surface area (TPSA) is 131 Å². The number of carbonyl (C=O) groups is 2. The molecule has 2 aliphatic rings.